The van der Waals surface area contributed by atoms with Gasteiger partial charge in [0.15, 0.2) is 0 Å². The molecule has 6 aliphatic rings. The Bertz CT molecular complexity index is 1990. The van der Waals surface area contributed by atoms with Crippen LogP contribution in [0.1, 0.15) is 72.6 Å². The predicted molar refractivity (Wildman–Crippen MR) is 262 cm³/mol. The van der Waals surface area contributed by atoms with E-state index in [9.17, 15) is 24.3 Å². The fourth-order valence-electron chi connectivity index (χ4n) is 8.71. The van der Waals surface area contributed by atoms with Crippen molar-refractivity contribution in [2.75, 3.05) is 85.6 Å². The largest absolute Gasteiger partial charge is 0.508 e. The van der Waals surface area contributed by atoms with E-state index in [1.165, 1.54) is 30.6 Å². The molecule has 2 saturated carbocycles. The summed E-state index contributed by atoms with van der Waals surface area (Å²) < 4.78 is 5.77. The third kappa shape index (κ3) is 14.5. The smallest absolute Gasteiger partial charge is 0.369 e. The number of hydrogen-bond acceptors (Lipinski definition) is 8. The maximum absolute atomic E-state index is 12.8. The van der Waals surface area contributed by atoms with Crippen LogP contribution in [-0.4, -0.2) is 159 Å². The molecule has 0 bridgehead atoms. The molecule has 0 unspecified atom stereocenters. The van der Waals surface area contributed by atoms with Crippen molar-refractivity contribution in [3.8, 4) is 11.5 Å². The molecule has 4 heterocycles. The maximum Gasteiger partial charge on any atom is 0.369 e. The number of aromatic hydroxyl groups is 1. The number of halogens is 5. The van der Waals surface area contributed by atoms with Gasteiger partial charge in [0.2, 0.25) is 23.6 Å². The van der Waals surface area contributed by atoms with E-state index < -0.39 is 0 Å². The standard InChI is InChI=1S/C23H30ClN3O3.C22H28ClN3O3.BBr3.V/c1-3-22(28)27-14-18(15-27)25-8-10-26(11-9-25)23(29)7-6-17-12-19(16-4-5-16)20(24)13-21(17)30-2;1-2-21(28)26-13-17(14-26)24-7-9-25(10-8-24)22(29)6-5-16-11-18(15-3-4-15)19(23)12-20(16)27;2-1(3)4;/h3,12-13,16,18H,1,4-11,14-15H2,2H3;2,11-12,15,17,27H,1,3-10,13-14H2;;. The number of carbonyl (C=O) groups is 4. The predicted octanol–water partition coefficient (Wildman–Crippen LogP) is 7.25. The van der Waals surface area contributed by atoms with Gasteiger partial charge in [-0.2, -0.15) is 0 Å². The second-order valence-electron chi connectivity index (χ2n) is 17.0. The minimum atomic E-state index is -0.00893. The molecule has 64 heavy (non-hydrogen) atoms. The first-order chi connectivity index (χ1) is 30.2. The number of phenols is 1. The molecule has 1 N–H and O–H groups in total. The molecule has 4 aliphatic heterocycles. The molecule has 2 aromatic carbocycles. The molecule has 0 spiro atoms. The van der Waals surface area contributed by atoms with E-state index in [1.807, 2.05) is 26.8 Å². The van der Waals surface area contributed by atoms with Gasteiger partial charge >= 0.3 is 3.18 Å². The Labute approximate surface area is 425 Å². The zero-order valence-electron chi connectivity index (χ0n) is 36.4. The van der Waals surface area contributed by atoms with Gasteiger partial charge in [-0.3, -0.25) is 29.0 Å². The number of methoxy groups -OCH3 is 1. The third-order valence-corrected chi connectivity index (χ3v) is 13.6. The number of likely N-dealkylation sites (tertiary alicyclic amines) is 2. The number of nitrogens with zero attached hydrogens (tertiary/aromatic N) is 6. The maximum atomic E-state index is 12.8. The van der Waals surface area contributed by atoms with Gasteiger partial charge in [0, 0.05) is 132 Å². The summed E-state index contributed by atoms with van der Waals surface area (Å²) in [5, 5.41) is 11.6. The Morgan fingerprint density at radius 1 is 0.672 bits per heavy atom. The Morgan fingerprint density at radius 3 is 1.42 bits per heavy atom. The van der Waals surface area contributed by atoms with E-state index in [0.717, 1.165) is 106 Å². The summed E-state index contributed by atoms with van der Waals surface area (Å²) >= 11 is 22.0. The zero-order valence-corrected chi connectivity index (χ0v) is 44.1. The molecular weight excluding hydrogens is 1090 g/mol. The van der Waals surface area contributed by atoms with Crippen molar-refractivity contribution < 1.29 is 47.6 Å². The summed E-state index contributed by atoms with van der Waals surface area (Å²) in [6.45, 7) is 16.4. The van der Waals surface area contributed by atoms with Crippen LogP contribution in [0.15, 0.2) is 49.6 Å². The van der Waals surface area contributed by atoms with Crippen LogP contribution in [0.4, 0.5) is 0 Å². The van der Waals surface area contributed by atoms with Crippen molar-refractivity contribution >= 4 is 97.3 Å². The number of aryl methyl sites for hydroxylation is 2. The molecule has 12 nitrogen and oxygen atoms in total. The molecule has 6 fully saturated rings. The Morgan fingerprint density at radius 2 is 1.05 bits per heavy atom. The van der Waals surface area contributed by atoms with Crippen molar-refractivity contribution in [1.82, 2.24) is 29.4 Å². The summed E-state index contributed by atoms with van der Waals surface area (Å²) in [6, 6.07) is 8.43. The summed E-state index contributed by atoms with van der Waals surface area (Å²) in [6.07, 6.45) is 9.47. The first kappa shape index (κ1) is 53.0. The SMILES string of the molecule is BrB(Br)Br.C=CC(=O)N1CC(N2CCN(C(=O)CCc3cc(C4CC4)c(Cl)cc3O)CC2)C1.C=CC(=O)N1CC(N2CCN(C(=O)CCc3cc(C4CC4)c(Cl)cc3OC)CC2)C1.[V]. The molecule has 19 heteroatoms. The zero-order chi connectivity index (χ0) is 45.4. The van der Waals surface area contributed by atoms with Gasteiger partial charge < -0.3 is 29.4 Å². The van der Waals surface area contributed by atoms with Crippen molar-refractivity contribution in [3.63, 3.8) is 0 Å². The van der Waals surface area contributed by atoms with E-state index in [-0.39, 0.29) is 51.1 Å². The van der Waals surface area contributed by atoms with Gasteiger partial charge in [0.1, 0.15) is 11.5 Å². The van der Waals surface area contributed by atoms with Crippen LogP contribution < -0.4 is 4.74 Å². The van der Waals surface area contributed by atoms with Crippen LogP contribution in [0.5, 0.6) is 11.5 Å². The van der Waals surface area contributed by atoms with Crippen molar-refractivity contribution in [1.29, 1.82) is 0 Å². The number of phenolic OH excluding ortho intramolecular Hbond substituents is 1. The second-order valence-corrected chi connectivity index (χ2v) is 24.3. The van der Waals surface area contributed by atoms with E-state index >= 15 is 0 Å². The van der Waals surface area contributed by atoms with E-state index in [1.54, 1.807) is 18.1 Å². The number of amides is 4. The van der Waals surface area contributed by atoms with Gasteiger partial charge in [-0.25, -0.2) is 0 Å². The van der Waals surface area contributed by atoms with E-state index in [0.29, 0.717) is 67.7 Å². The number of piperazine rings is 2. The quantitative estimate of drug-likeness (QED) is 0.165. The van der Waals surface area contributed by atoms with Gasteiger partial charge in [0.25, 0.3) is 0 Å². The summed E-state index contributed by atoms with van der Waals surface area (Å²) in [5.41, 5.74) is 4.17. The molecule has 0 aromatic heterocycles. The fraction of sp³-hybridized carbons (Fsp3) is 0.556. The fourth-order valence-corrected chi connectivity index (χ4v) is 9.33. The van der Waals surface area contributed by atoms with Crippen LogP contribution >= 0.6 is 70.5 Å². The number of ether oxygens (including phenoxy) is 1. The van der Waals surface area contributed by atoms with E-state index in [2.05, 4.69) is 76.3 Å². The molecule has 4 amide bonds. The monoisotopic (exact) mass is 1150 g/mol. The van der Waals surface area contributed by atoms with Crippen molar-refractivity contribution in [2.45, 2.75) is 75.3 Å². The van der Waals surface area contributed by atoms with Gasteiger partial charge in [-0.1, -0.05) is 48.5 Å². The Kier molecular flexibility index (Phi) is 20.6. The van der Waals surface area contributed by atoms with Crippen LogP contribution in [0.2, 0.25) is 10.0 Å². The number of hydrogen-bond donors (Lipinski definition) is 1. The molecule has 347 valence electrons. The molecule has 8 rings (SSSR count). The van der Waals surface area contributed by atoms with Crippen molar-refractivity contribution in [2.24, 2.45) is 0 Å². The van der Waals surface area contributed by atoms with Crippen LogP contribution in [0.3, 0.4) is 0 Å². The van der Waals surface area contributed by atoms with Gasteiger partial charge in [-0.05, 0) is 96.9 Å². The topological polar surface area (TPSA) is 117 Å². The summed E-state index contributed by atoms with van der Waals surface area (Å²) in [7, 11) is 1.65. The minimum absolute atomic E-state index is 0. The van der Waals surface area contributed by atoms with Crippen LogP contribution in [0, 0.1) is 0 Å². The van der Waals surface area contributed by atoms with Gasteiger partial charge in [0.05, 0.1) is 7.11 Å². The summed E-state index contributed by atoms with van der Waals surface area (Å²) in [5.74, 6) is 2.34. The number of rotatable bonds is 13. The average Bonchev–Trinajstić information content (AvgIpc) is 4.18. The third-order valence-electron chi connectivity index (χ3n) is 12.9. The van der Waals surface area contributed by atoms with Crippen LogP contribution in [-0.2, 0) is 50.6 Å². The molecule has 2 aliphatic carbocycles. The normalized spacial score (nSPS) is 19.1. The van der Waals surface area contributed by atoms with E-state index in [4.69, 9.17) is 27.9 Å². The molecule has 1 radical (unpaired) electrons. The number of benzene rings is 2. The minimum Gasteiger partial charge on any atom is -0.508 e. The molecule has 4 saturated heterocycles. The number of carbonyl (C=O) groups excluding carboxylic acids is 4. The first-order valence-electron chi connectivity index (χ1n) is 21.9. The van der Waals surface area contributed by atoms with Crippen LogP contribution in [0.25, 0.3) is 0 Å². The molecule has 2 aromatic rings. The Balaban J connectivity index is 0.000000219. The molecular formula is C45H58BBr3Cl2N6O6V. The average molecular weight is 1150 g/mol. The van der Waals surface area contributed by atoms with Crippen molar-refractivity contribution in [3.05, 3.63) is 81.9 Å². The second kappa shape index (κ2) is 24.8. The summed E-state index contributed by atoms with van der Waals surface area (Å²) in [4.78, 5) is 60.8. The first-order valence-corrected chi connectivity index (χ1v) is 25.4. The van der Waals surface area contributed by atoms with Gasteiger partial charge in [-0.15, -0.1) is 47.3 Å². The molecule has 0 atom stereocenters. The Hall–Kier alpha value is -2.01.